The third-order valence-electron chi connectivity index (χ3n) is 6.03. The van der Waals surface area contributed by atoms with Gasteiger partial charge in [0.05, 0.1) is 24.1 Å². The molecule has 1 atom stereocenters. The van der Waals surface area contributed by atoms with Crippen molar-refractivity contribution in [3.63, 3.8) is 0 Å². The van der Waals surface area contributed by atoms with Gasteiger partial charge in [-0.2, -0.15) is 0 Å². The first-order valence-corrected chi connectivity index (χ1v) is 11.8. The molecule has 4 rings (SSSR count). The number of carbonyl (C=O) groups is 1. The third kappa shape index (κ3) is 5.93. The minimum absolute atomic E-state index is 0.153. The molecule has 1 aromatic heterocycles. The van der Waals surface area contributed by atoms with Crippen molar-refractivity contribution < 1.29 is 9.53 Å². The standard InChI is InChI=1S/C29H31N3O2/c1-3-22(2)24-14-16-25(17-15-24)34-20-19-32-27-12-8-7-11-26(27)31-28(32)21-30-29(33)18-13-23-9-5-4-6-10-23/h4-18,22H,3,19-21H2,1-2H3,(H,30,33)/b18-13-. The van der Waals surface area contributed by atoms with E-state index in [1.807, 2.05) is 66.7 Å². The van der Waals surface area contributed by atoms with Crippen LogP contribution in [0.2, 0.25) is 0 Å². The number of imidazole rings is 1. The predicted octanol–water partition coefficient (Wildman–Crippen LogP) is 5.96. The van der Waals surface area contributed by atoms with Crippen molar-refractivity contribution in [3.05, 3.63) is 102 Å². The number of aromatic nitrogens is 2. The molecule has 1 amide bonds. The molecule has 1 N–H and O–H groups in total. The lowest BCUT2D eigenvalue weighted by Gasteiger charge is -2.13. The van der Waals surface area contributed by atoms with Gasteiger partial charge in [-0.05, 0) is 53.8 Å². The van der Waals surface area contributed by atoms with Crippen LogP contribution in [0.25, 0.3) is 17.1 Å². The van der Waals surface area contributed by atoms with E-state index in [1.54, 1.807) is 12.2 Å². The number of nitrogens with zero attached hydrogens (tertiary/aromatic N) is 2. The highest BCUT2D eigenvalue weighted by Crippen LogP contribution is 2.22. The molecule has 34 heavy (non-hydrogen) atoms. The van der Waals surface area contributed by atoms with Crippen molar-refractivity contribution in [2.75, 3.05) is 6.61 Å². The molecule has 0 aliphatic carbocycles. The molecule has 1 heterocycles. The highest BCUT2D eigenvalue weighted by Gasteiger charge is 2.11. The Balaban J connectivity index is 1.40. The van der Waals surface area contributed by atoms with Crippen molar-refractivity contribution in [3.8, 4) is 5.75 Å². The Bertz CT molecular complexity index is 1240. The Morgan fingerprint density at radius 3 is 2.53 bits per heavy atom. The zero-order chi connectivity index (χ0) is 23.8. The van der Waals surface area contributed by atoms with Crippen LogP contribution in [0.5, 0.6) is 5.75 Å². The zero-order valence-electron chi connectivity index (χ0n) is 19.8. The fourth-order valence-electron chi connectivity index (χ4n) is 3.85. The number of fused-ring (bicyclic) bond motifs is 1. The molecule has 3 aromatic carbocycles. The summed E-state index contributed by atoms with van der Waals surface area (Å²) in [6.45, 7) is 5.93. The molecule has 1 unspecified atom stereocenters. The summed E-state index contributed by atoms with van der Waals surface area (Å²) < 4.78 is 8.13. The topological polar surface area (TPSA) is 56.1 Å². The molecular weight excluding hydrogens is 422 g/mol. The number of carbonyl (C=O) groups excluding carboxylic acids is 1. The first kappa shape index (κ1) is 23.3. The van der Waals surface area contributed by atoms with Crippen LogP contribution >= 0.6 is 0 Å². The Hall–Kier alpha value is -3.86. The second-order valence-electron chi connectivity index (χ2n) is 8.36. The highest BCUT2D eigenvalue weighted by atomic mass is 16.5. The Morgan fingerprint density at radius 2 is 1.76 bits per heavy atom. The van der Waals surface area contributed by atoms with Gasteiger partial charge in [0.1, 0.15) is 18.2 Å². The van der Waals surface area contributed by atoms with Crippen LogP contribution < -0.4 is 10.1 Å². The molecular formula is C29H31N3O2. The molecule has 0 spiro atoms. The van der Waals surface area contributed by atoms with Crippen LogP contribution in [0, 0.1) is 0 Å². The van der Waals surface area contributed by atoms with E-state index < -0.39 is 0 Å². The van der Waals surface area contributed by atoms with Crippen molar-refractivity contribution in [1.82, 2.24) is 14.9 Å². The smallest absolute Gasteiger partial charge is 0.244 e. The maximum atomic E-state index is 12.4. The molecule has 4 aromatic rings. The van der Waals surface area contributed by atoms with Crippen molar-refractivity contribution >= 4 is 23.0 Å². The number of para-hydroxylation sites is 2. The van der Waals surface area contributed by atoms with Gasteiger partial charge >= 0.3 is 0 Å². The summed E-state index contributed by atoms with van der Waals surface area (Å²) in [5.74, 6) is 2.06. The van der Waals surface area contributed by atoms with E-state index in [2.05, 4.69) is 35.9 Å². The maximum absolute atomic E-state index is 12.4. The minimum atomic E-state index is -0.153. The number of amides is 1. The summed E-state index contributed by atoms with van der Waals surface area (Å²) in [4.78, 5) is 17.1. The molecule has 0 fully saturated rings. The zero-order valence-corrected chi connectivity index (χ0v) is 19.8. The van der Waals surface area contributed by atoms with E-state index >= 15 is 0 Å². The normalized spacial score (nSPS) is 12.2. The van der Waals surface area contributed by atoms with Crippen LogP contribution in [-0.2, 0) is 17.9 Å². The summed E-state index contributed by atoms with van der Waals surface area (Å²) in [6, 6.07) is 26.1. The quantitative estimate of drug-likeness (QED) is 0.302. The Kier molecular flexibility index (Phi) is 7.76. The lowest BCUT2D eigenvalue weighted by Crippen LogP contribution is -2.23. The molecule has 0 saturated heterocycles. The molecule has 0 radical (unpaired) electrons. The summed E-state index contributed by atoms with van der Waals surface area (Å²) in [5, 5.41) is 2.95. The molecule has 174 valence electrons. The van der Waals surface area contributed by atoms with Crippen LogP contribution in [0.3, 0.4) is 0 Å². The van der Waals surface area contributed by atoms with E-state index in [0.29, 0.717) is 25.6 Å². The van der Waals surface area contributed by atoms with Gasteiger partial charge in [0.25, 0.3) is 0 Å². The Labute approximate surface area is 201 Å². The summed E-state index contributed by atoms with van der Waals surface area (Å²) >= 11 is 0. The van der Waals surface area contributed by atoms with Gasteiger partial charge in [-0.1, -0.05) is 68.4 Å². The number of hydrogen-bond acceptors (Lipinski definition) is 3. The van der Waals surface area contributed by atoms with Gasteiger partial charge in [-0.3, -0.25) is 4.79 Å². The molecule has 0 aliphatic rings. The lowest BCUT2D eigenvalue weighted by molar-refractivity contribution is -0.116. The van der Waals surface area contributed by atoms with Crippen LogP contribution in [0.15, 0.2) is 84.9 Å². The Morgan fingerprint density at radius 1 is 1.03 bits per heavy atom. The fourth-order valence-corrected chi connectivity index (χ4v) is 3.85. The van der Waals surface area contributed by atoms with Gasteiger partial charge in [0, 0.05) is 6.08 Å². The number of rotatable bonds is 10. The summed E-state index contributed by atoms with van der Waals surface area (Å²) in [6.07, 6.45) is 4.47. The number of benzene rings is 3. The number of nitrogens with one attached hydrogen (secondary N) is 1. The van der Waals surface area contributed by atoms with E-state index in [0.717, 1.165) is 34.6 Å². The number of ether oxygens (including phenoxy) is 1. The van der Waals surface area contributed by atoms with Crippen molar-refractivity contribution in [1.29, 1.82) is 0 Å². The van der Waals surface area contributed by atoms with Gasteiger partial charge in [0.15, 0.2) is 0 Å². The molecule has 5 heteroatoms. The maximum Gasteiger partial charge on any atom is 0.244 e. The molecule has 0 bridgehead atoms. The molecule has 0 saturated carbocycles. The third-order valence-corrected chi connectivity index (χ3v) is 6.03. The van der Waals surface area contributed by atoms with Gasteiger partial charge in [-0.15, -0.1) is 0 Å². The van der Waals surface area contributed by atoms with Crippen molar-refractivity contribution in [2.24, 2.45) is 0 Å². The number of hydrogen-bond donors (Lipinski definition) is 1. The van der Waals surface area contributed by atoms with E-state index in [9.17, 15) is 4.79 Å². The SMILES string of the molecule is CCC(C)c1ccc(OCCn2c(CNC(=O)/C=C\c3ccccc3)nc3ccccc32)cc1. The van der Waals surface area contributed by atoms with E-state index in [-0.39, 0.29) is 5.91 Å². The largest absolute Gasteiger partial charge is 0.492 e. The van der Waals surface area contributed by atoms with E-state index in [1.165, 1.54) is 5.56 Å². The van der Waals surface area contributed by atoms with Crippen LogP contribution in [-0.4, -0.2) is 22.1 Å². The minimum Gasteiger partial charge on any atom is -0.492 e. The summed E-state index contributed by atoms with van der Waals surface area (Å²) in [7, 11) is 0. The van der Waals surface area contributed by atoms with Crippen molar-refractivity contribution in [2.45, 2.75) is 39.3 Å². The second kappa shape index (κ2) is 11.3. The average Bonchev–Trinajstić information content (AvgIpc) is 3.24. The van der Waals surface area contributed by atoms with Gasteiger partial charge < -0.3 is 14.6 Å². The van der Waals surface area contributed by atoms with E-state index in [4.69, 9.17) is 9.72 Å². The fraction of sp³-hybridized carbons (Fsp3) is 0.241. The second-order valence-corrected chi connectivity index (χ2v) is 8.36. The predicted molar refractivity (Wildman–Crippen MR) is 138 cm³/mol. The molecule has 0 aliphatic heterocycles. The lowest BCUT2D eigenvalue weighted by atomic mass is 9.99. The molecule has 5 nitrogen and oxygen atoms in total. The monoisotopic (exact) mass is 453 g/mol. The van der Waals surface area contributed by atoms with Crippen LogP contribution in [0.4, 0.5) is 0 Å². The highest BCUT2D eigenvalue weighted by molar-refractivity contribution is 5.91. The summed E-state index contributed by atoms with van der Waals surface area (Å²) in [5.41, 5.74) is 4.25. The average molecular weight is 454 g/mol. The van der Waals surface area contributed by atoms with Gasteiger partial charge in [0.2, 0.25) is 5.91 Å². The first-order valence-electron chi connectivity index (χ1n) is 11.8. The van der Waals surface area contributed by atoms with Crippen LogP contribution in [0.1, 0.15) is 43.1 Å². The van der Waals surface area contributed by atoms with Gasteiger partial charge in [-0.25, -0.2) is 4.98 Å². The first-order chi connectivity index (χ1) is 16.6.